The maximum atomic E-state index is 10.6. The first kappa shape index (κ1) is 21.0. The summed E-state index contributed by atoms with van der Waals surface area (Å²) in [4.78, 5) is 0. The molecule has 2 heteroatoms. The van der Waals surface area contributed by atoms with Gasteiger partial charge in [-0.05, 0) is 118 Å². The van der Waals surface area contributed by atoms with Crippen LogP contribution in [0.2, 0.25) is 0 Å². The minimum Gasteiger partial charge on any atom is -0.390 e. The van der Waals surface area contributed by atoms with E-state index in [4.69, 9.17) is 0 Å². The summed E-state index contributed by atoms with van der Waals surface area (Å²) in [5.41, 5.74) is 1.53. The predicted molar refractivity (Wildman–Crippen MR) is 124 cm³/mol. The molecule has 166 valence electrons. The topological polar surface area (TPSA) is 32.3 Å². The minimum absolute atomic E-state index is 0.393. The van der Waals surface area contributed by atoms with E-state index in [0.717, 1.165) is 54.9 Å². The van der Waals surface area contributed by atoms with Gasteiger partial charge in [0.1, 0.15) is 0 Å². The highest BCUT2D eigenvalue weighted by Gasteiger charge is 2.58. The molecule has 9 atom stereocenters. The van der Waals surface area contributed by atoms with Gasteiger partial charge in [0.15, 0.2) is 0 Å². The maximum Gasteiger partial charge on any atom is 0.0622 e. The Labute approximate surface area is 184 Å². The summed E-state index contributed by atoms with van der Waals surface area (Å²) >= 11 is 0. The average Bonchev–Trinajstić information content (AvgIpc) is 3.09. The lowest BCUT2D eigenvalue weighted by Crippen LogP contribution is -2.52. The van der Waals surface area contributed by atoms with Crippen LogP contribution in [0.4, 0.5) is 0 Å². The standard InChI is InChI=1S/C28H43NO/c1-19(29-18-20-7-5-4-6-8-20)25-11-12-26-24-10-9-21-17-27(2,30)15-13-22(21)23(24)14-16-28(25,26)3/h4-8,19,21-26,29-30H,9-18H2,1-3H3/t19-,21-,22+,23-,24-,25?,26+,27-,28-/m1/s1. The maximum absolute atomic E-state index is 10.6. The van der Waals surface area contributed by atoms with E-state index in [1.807, 2.05) is 0 Å². The van der Waals surface area contributed by atoms with Crippen LogP contribution in [0.25, 0.3) is 0 Å². The van der Waals surface area contributed by atoms with E-state index < -0.39 is 5.60 Å². The number of aliphatic hydroxyl groups is 1. The molecule has 1 aromatic carbocycles. The zero-order valence-electron chi connectivity index (χ0n) is 19.4. The van der Waals surface area contributed by atoms with Gasteiger partial charge in [-0.2, -0.15) is 0 Å². The Kier molecular flexibility index (Phi) is 5.55. The number of benzene rings is 1. The molecule has 0 aliphatic heterocycles. The number of hydrogen-bond donors (Lipinski definition) is 2. The van der Waals surface area contributed by atoms with Crippen molar-refractivity contribution in [3.63, 3.8) is 0 Å². The third kappa shape index (κ3) is 3.66. The van der Waals surface area contributed by atoms with Gasteiger partial charge in [-0.1, -0.05) is 37.3 Å². The molecule has 4 saturated carbocycles. The van der Waals surface area contributed by atoms with Gasteiger partial charge in [-0.25, -0.2) is 0 Å². The summed E-state index contributed by atoms with van der Waals surface area (Å²) < 4.78 is 0. The molecule has 0 amide bonds. The fourth-order valence-corrected chi connectivity index (χ4v) is 8.96. The van der Waals surface area contributed by atoms with E-state index in [1.54, 1.807) is 0 Å². The second kappa shape index (κ2) is 7.93. The van der Waals surface area contributed by atoms with Gasteiger partial charge in [0.2, 0.25) is 0 Å². The summed E-state index contributed by atoms with van der Waals surface area (Å²) in [6.07, 6.45) is 11.9. The van der Waals surface area contributed by atoms with Crippen molar-refractivity contribution in [1.82, 2.24) is 5.32 Å². The van der Waals surface area contributed by atoms with E-state index in [2.05, 4.69) is 56.4 Å². The Bertz CT molecular complexity index is 729. The molecule has 5 rings (SSSR count). The van der Waals surface area contributed by atoms with Crippen LogP contribution in [0.1, 0.15) is 84.1 Å². The van der Waals surface area contributed by atoms with Crippen molar-refractivity contribution in [3.8, 4) is 0 Å². The highest BCUT2D eigenvalue weighted by atomic mass is 16.3. The van der Waals surface area contributed by atoms with Crippen molar-refractivity contribution in [1.29, 1.82) is 0 Å². The minimum atomic E-state index is -0.393. The number of fused-ring (bicyclic) bond motifs is 5. The molecule has 0 saturated heterocycles. The summed E-state index contributed by atoms with van der Waals surface area (Å²) in [7, 11) is 0. The molecule has 0 radical (unpaired) electrons. The Morgan fingerprint density at radius 3 is 2.50 bits per heavy atom. The molecule has 4 aliphatic rings. The van der Waals surface area contributed by atoms with Crippen LogP contribution in [0, 0.1) is 40.9 Å². The number of nitrogens with one attached hydrogen (secondary N) is 1. The summed E-state index contributed by atoms with van der Waals surface area (Å²) in [5.74, 6) is 5.36. The zero-order chi connectivity index (χ0) is 20.9. The Morgan fingerprint density at radius 2 is 1.70 bits per heavy atom. The zero-order valence-corrected chi connectivity index (χ0v) is 19.4. The highest BCUT2D eigenvalue weighted by Crippen LogP contribution is 2.65. The Balaban J connectivity index is 1.26. The molecule has 4 aliphatic carbocycles. The van der Waals surface area contributed by atoms with E-state index in [1.165, 1.54) is 50.5 Å². The molecule has 30 heavy (non-hydrogen) atoms. The second-order valence-corrected chi connectivity index (χ2v) is 12.1. The smallest absolute Gasteiger partial charge is 0.0622 e. The Hall–Kier alpha value is -0.860. The fraction of sp³-hybridized carbons (Fsp3) is 0.786. The van der Waals surface area contributed by atoms with Gasteiger partial charge in [-0.15, -0.1) is 0 Å². The van der Waals surface area contributed by atoms with Crippen molar-refractivity contribution in [2.45, 2.75) is 96.7 Å². The van der Waals surface area contributed by atoms with Crippen LogP contribution in [-0.2, 0) is 6.54 Å². The van der Waals surface area contributed by atoms with E-state index in [9.17, 15) is 5.11 Å². The van der Waals surface area contributed by atoms with Crippen molar-refractivity contribution >= 4 is 0 Å². The van der Waals surface area contributed by atoms with Crippen molar-refractivity contribution in [2.75, 3.05) is 0 Å². The van der Waals surface area contributed by atoms with Gasteiger partial charge in [0.05, 0.1) is 5.60 Å². The molecular weight excluding hydrogens is 366 g/mol. The molecule has 2 nitrogen and oxygen atoms in total. The third-order valence-corrected chi connectivity index (χ3v) is 10.4. The molecule has 2 N–H and O–H groups in total. The van der Waals surface area contributed by atoms with Crippen LogP contribution in [0.5, 0.6) is 0 Å². The molecule has 1 aromatic rings. The van der Waals surface area contributed by atoms with Gasteiger partial charge in [0, 0.05) is 12.6 Å². The van der Waals surface area contributed by atoms with Crippen LogP contribution in [0.15, 0.2) is 30.3 Å². The van der Waals surface area contributed by atoms with Gasteiger partial charge < -0.3 is 10.4 Å². The van der Waals surface area contributed by atoms with Crippen molar-refractivity contribution in [3.05, 3.63) is 35.9 Å². The quantitative estimate of drug-likeness (QED) is 0.622. The summed E-state index contributed by atoms with van der Waals surface area (Å²) in [6.45, 7) is 8.19. The van der Waals surface area contributed by atoms with E-state index in [-0.39, 0.29) is 0 Å². The number of hydrogen-bond acceptors (Lipinski definition) is 2. The average molecular weight is 410 g/mol. The van der Waals surface area contributed by atoms with E-state index in [0.29, 0.717) is 11.5 Å². The fourth-order valence-electron chi connectivity index (χ4n) is 8.96. The molecular formula is C28H43NO. The van der Waals surface area contributed by atoms with Gasteiger partial charge in [0.25, 0.3) is 0 Å². The van der Waals surface area contributed by atoms with E-state index >= 15 is 0 Å². The van der Waals surface area contributed by atoms with Gasteiger partial charge >= 0.3 is 0 Å². The lowest BCUT2D eigenvalue weighted by molar-refractivity contribution is -0.101. The third-order valence-electron chi connectivity index (χ3n) is 10.4. The van der Waals surface area contributed by atoms with Crippen LogP contribution < -0.4 is 5.32 Å². The van der Waals surface area contributed by atoms with Crippen LogP contribution in [0.3, 0.4) is 0 Å². The molecule has 0 spiro atoms. The van der Waals surface area contributed by atoms with Crippen LogP contribution in [-0.4, -0.2) is 16.7 Å². The summed E-state index contributed by atoms with van der Waals surface area (Å²) in [6, 6.07) is 11.5. The molecule has 0 aromatic heterocycles. The van der Waals surface area contributed by atoms with Crippen molar-refractivity contribution in [2.24, 2.45) is 40.9 Å². The van der Waals surface area contributed by atoms with Crippen molar-refractivity contribution < 1.29 is 5.11 Å². The molecule has 1 unspecified atom stereocenters. The first-order chi connectivity index (χ1) is 14.4. The normalized spacial score (nSPS) is 46.5. The number of rotatable bonds is 4. The highest BCUT2D eigenvalue weighted by molar-refractivity contribution is 5.15. The summed E-state index contributed by atoms with van der Waals surface area (Å²) in [5, 5.41) is 14.5. The predicted octanol–water partition coefficient (Wildman–Crippen LogP) is 6.18. The molecule has 0 heterocycles. The van der Waals surface area contributed by atoms with Gasteiger partial charge in [-0.3, -0.25) is 0 Å². The largest absolute Gasteiger partial charge is 0.390 e. The monoisotopic (exact) mass is 409 g/mol. The first-order valence-electron chi connectivity index (χ1n) is 12.9. The first-order valence-corrected chi connectivity index (χ1v) is 12.9. The SMILES string of the molecule is C[C@@H](NCc1ccccc1)C1CC[C@H]2[C@@H]3CC[C@@H]4C[C@](C)(O)CC[C@@H]4[C@H]3CC[C@]12C. The van der Waals surface area contributed by atoms with Crippen LogP contribution >= 0.6 is 0 Å². The second-order valence-electron chi connectivity index (χ2n) is 12.1. The molecule has 0 bridgehead atoms. The Morgan fingerprint density at radius 1 is 0.933 bits per heavy atom. The lowest BCUT2D eigenvalue weighted by atomic mass is 9.49. The molecule has 4 fully saturated rings. The lowest BCUT2D eigenvalue weighted by Gasteiger charge is -2.57.